The van der Waals surface area contributed by atoms with Gasteiger partial charge in [0.15, 0.2) is 0 Å². The van der Waals surface area contributed by atoms with Crippen LogP contribution in [0, 0.1) is 0 Å². The van der Waals surface area contributed by atoms with Gasteiger partial charge in [-0.15, -0.1) is 11.3 Å². The number of hydrogen-bond donors (Lipinski definition) is 1. The third-order valence-corrected chi connectivity index (χ3v) is 5.31. The summed E-state index contributed by atoms with van der Waals surface area (Å²) in [6.07, 6.45) is 2.19. The van der Waals surface area contributed by atoms with Gasteiger partial charge in [0, 0.05) is 17.5 Å². The maximum absolute atomic E-state index is 6.41. The molecule has 0 fully saturated rings. The molecule has 116 valence electrons. The Morgan fingerprint density at radius 2 is 1.95 bits per heavy atom. The fraction of sp³-hybridized carbons (Fsp3) is 0.733. The predicted molar refractivity (Wildman–Crippen MR) is 93.4 cm³/mol. The molecule has 0 bridgehead atoms. The third-order valence-electron chi connectivity index (χ3n) is 3.61. The summed E-state index contributed by atoms with van der Waals surface area (Å²) in [7, 11) is 4.25. The Balaban J connectivity index is 2.79. The molecule has 3 nitrogen and oxygen atoms in total. The van der Waals surface area contributed by atoms with E-state index < -0.39 is 0 Å². The summed E-state index contributed by atoms with van der Waals surface area (Å²) < 4.78 is 1.19. The van der Waals surface area contributed by atoms with Crippen molar-refractivity contribution in [1.82, 2.24) is 9.80 Å². The zero-order valence-corrected chi connectivity index (χ0v) is 15.5. The van der Waals surface area contributed by atoms with Gasteiger partial charge in [-0.1, -0.05) is 13.8 Å². The van der Waals surface area contributed by atoms with Crippen molar-refractivity contribution in [3.8, 4) is 0 Å². The molecule has 0 aliphatic rings. The van der Waals surface area contributed by atoms with Gasteiger partial charge in [-0.3, -0.25) is 4.90 Å². The predicted octanol–water partition coefficient (Wildman–Crippen LogP) is 3.56. The van der Waals surface area contributed by atoms with Crippen molar-refractivity contribution in [3.05, 3.63) is 20.8 Å². The molecule has 0 saturated heterocycles. The molecule has 1 aromatic heterocycles. The van der Waals surface area contributed by atoms with Gasteiger partial charge in [0.2, 0.25) is 0 Å². The largest absolute Gasteiger partial charge is 0.326 e. The van der Waals surface area contributed by atoms with Crippen molar-refractivity contribution in [1.29, 1.82) is 0 Å². The van der Waals surface area contributed by atoms with Crippen LogP contribution in [0.15, 0.2) is 15.9 Å². The summed E-state index contributed by atoms with van der Waals surface area (Å²) in [5, 5.41) is 0. The Morgan fingerprint density at radius 1 is 1.25 bits per heavy atom. The molecular formula is C15H28BrN3S. The fourth-order valence-electron chi connectivity index (χ4n) is 2.46. The molecule has 1 aromatic rings. The van der Waals surface area contributed by atoms with E-state index in [1.807, 2.05) is 11.3 Å². The van der Waals surface area contributed by atoms with Crippen LogP contribution in [-0.2, 0) is 0 Å². The van der Waals surface area contributed by atoms with E-state index in [0.29, 0.717) is 6.04 Å². The highest BCUT2D eigenvalue weighted by Crippen LogP contribution is 2.33. The normalized spacial score (nSPS) is 15.0. The van der Waals surface area contributed by atoms with E-state index in [4.69, 9.17) is 5.73 Å². The summed E-state index contributed by atoms with van der Waals surface area (Å²) >= 11 is 5.37. The lowest BCUT2D eigenvalue weighted by Gasteiger charge is -2.34. The highest BCUT2D eigenvalue weighted by atomic mass is 79.9. The van der Waals surface area contributed by atoms with E-state index in [1.165, 1.54) is 15.1 Å². The smallest absolute Gasteiger partial charge is 0.0702 e. The first-order valence-corrected chi connectivity index (χ1v) is 9.00. The van der Waals surface area contributed by atoms with Crippen molar-refractivity contribution in [3.63, 3.8) is 0 Å². The molecule has 2 N–H and O–H groups in total. The molecule has 0 aliphatic carbocycles. The Labute approximate surface area is 136 Å². The monoisotopic (exact) mass is 361 g/mol. The van der Waals surface area contributed by atoms with Crippen molar-refractivity contribution in [2.45, 2.75) is 38.8 Å². The van der Waals surface area contributed by atoms with Gasteiger partial charge in [0.05, 0.1) is 9.83 Å². The molecular weight excluding hydrogens is 334 g/mol. The second-order valence-electron chi connectivity index (χ2n) is 5.44. The van der Waals surface area contributed by atoms with Gasteiger partial charge in [-0.25, -0.2) is 0 Å². The summed E-state index contributed by atoms with van der Waals surface area (Å²) in [5.74, 6) is 0. The van der Waals surface area contributed by atoms with Gasteiger partial charge in [-0.2, -0.15) is 0 Å². The van der Waals surface area contributed by atoms with Crippen LogP contribution in [0.4, 0.5) is 0 Å². The van der Waals surface area contributed by atoms with Crippen LogP contribution in [0.2, 0.25) is 0 Å². The molecule has 1 rings (SSSR count). The van der Waals surface area contributed by atoms with Crippen LogP contribution < -0.4 is 5.73 Å². The van der Waals surface area contributed by atoms with Crippen LogP contribution in [0.25, 0.3) is 0 Å². The first kappa shape index (κ1) is 18.1. The Morgan fingerprint density at radius 3 is 2.40 bits per heavy atom. The van der Waals surface area contributed by atoms with Crippen LogP contribution in [-0.4, -0.2) is 49.6 Å². The maximum atomic E-state index is 6.41. The Hall–Kier alpha value is 0.0600. The van der Waals surface area contributed by atoms with E-state index in [2.05, 4.69) is 65.8 Å². The molecule has 20 heavy (non-hydrogen) atoms. The summed E-state index contributed by atoms with van der Waals surface area (Å²) in [4.78, 5) is 6.14. The molecule has 1 heterocycles. The fourth-order valence-corrected chi connectivity index (χ4v) is 4.09. The van der Waals surface area contributed by atoms with E-state index >= 15 is 0 Å². The average Bonchev–Trinajstić information content (AvgIpc) is 2.82. The minimum absolute atomic E-state index is 0.194. The summed E-state index contributed by atoms with van der Waals surface area (Å²) in [5.41, 5.74) is 6.41. The Kier molecular flexibility index (Phi) is 8.29. The van der Waals surface area contributed by atoms with Gasteiger partial charge in [0.1, 0.15) is 0 Å². The van der Waals surface area contributed by atoms with Gasteiger partial charge in [0.25, 0.3) is 0 Å². The summed E-state index contributed by atoms with van der Waals surface area (Å²) in [6, 6.07) is 4.87. The van der Waals surface area contributed by atoms with Gasteiger partial charge < -0.3 is 10.6 Å². The van der Waals surface area contributed by atoms with Crippen LogP contribution >= 0.6 is 27.3 Å². The number of likely N-dealkylation sites (N-methyl/N-ethyl adjacent to an activating group) is 1. The second kappa shape index (κ2) is 9.15. The first-order valence-electron chi connectivity index (χ1n) is 7.39. The molecule has 0 amide bonds. The van der Waals surface area contributed by atoms with Gasteiger partial charge >= 0.3 is 0 Å². The minimum atomic E-state index is 0.194. The number of nitrogens with two attached hydrogens (primary N) is 1. The maximum Gasteiger partial charge on any atom is 0.0702 e. The van der Waals surface area contributed by atoms with Crippen molar-refractivity contribution >= 4 is 27.3 Å². The first-order chi connectivity index (χ1) is 9.49. The lowest BCUT2D eigenvalue weighted by Crippen LogP contribution is -2.41. The molecule has 5 heteroatoms. The lowest BCUT2D eigenvalue weighted by atomic mass is 10.0. The van der Waals surface area contributed by atoms with E-state index in [-0.39, 0.29) is 6.04 Å². The average molecular weight is 362 g/mol. The lowest BCUT2D eigenvalue weighted by molar-refractivity contribution is 0.173. The van der Waals surface area contributed by atoms with Crippen LogP contribution in [0.3, 0.4) is 0 Å². The standard InChI is InChI=1S/C15H28BrN3S/c1-5-12(17)15(13-8-9-14(16)20-13)19(6-2)11-7-10-18(3)4/h8-9,12,15H,5-7,10-11,17H2,1-4H3. The Bertz CT molecular complexity index is 381. The molecule has 2 unspecified atom stereocenters. The SMILES string of the molecule is CCC(N)C(c1ccc(Br)s1)N(CC)CCCN(C)C. The molecule has 0 aromatic carbocycles. The van der Waals surface area contributed by atoms with Crippen molar-refractivity contribution in [2.75, 3.05) is 33.7 Å². The van der Waals surface area contributed by atoms with Crippen LogP contribution in [0.1, 0.15) is 37.6 Å². The van der Waals surface area contributed by atoms with Crippen molar-refractivity contribution in [2.24, 2.45) is 5.73 Å². The van der Waals surface area contributed by atoms with Gasteiger partial charge in [-0.05, 0) is 68.1 Å². The topological polar surface area (TPSA) is 32.5 Å². The number of thiophene rings is 1. The number of hydrogen-bond acceptors (Lipinski definition) is 4. The van der Waals surface area contributed by atoms with E-state index in [0.717, 1.165) is 26.1 Å². The highest BCUT2D eigenvalue weighted by molar-refractivity contribution is 9.11. The molecule has 0 aliphatic heterocycles. The van der Waals surface area contributed by atoms with Crippen molar-refractivity contribution < 1.29 is 0 Å². The zero-order valence-electron chi connectivity index (χ0n) is 13.1. The molecule has 2 atom stereocenters. The highest BCUT2D eigenvalue weighted by Gasteiger charge is 2.25. The number of rotatable bonds is 9. The molecule has 0 saturated carbocycles. The third kappa shape index (κ3) is 5.45. The number of halogens is 1. The van der Waals surface area contributed by atoms with E-state index in [1.54, 1.807) is 0 Å². The molecule has 0 radical (unpaired) electrons. The second-order valence-corrected chi connectivity index (χ2v) is 7.94. The van der Waals surface area contributed by atoms with Crippen LogP contribution in [0.5, 0.6) is 0 Å². The molecule has 0 spiro atoms. The summed E-state index contributed by atoms with van der Waals surface area (Å²) in [6.45, 7) is 7.67. The number of nitrogens with zero attached hydrogens (tertiary/aromatic N) is 2. The van der Waals surface area contributed by atoms with E-state index in [9.17, 15) is 0 Å². The zero-order chi connectivity index (χ0) is 15.1. The minimum Gasteiger partial charge on any atom is -0.326 e. The quantitative estimate of drug-likeness (QED) is 0.729.